The van der Waals surface area contributed by atoms with Crippen LogP contribution < -0.4 is 5.32 Å². The summed E-state index contributed by atoms with van der Waals surface area (Å²) in [5, 5.41) is 3.81. The zero-order chi connectivity index (χ0) is 9.38. The molecule has 3 aliphatic rings. The fourth-order valence-electron chi connectivity index (χ4n) is 3.61. The molecule has 0 aromatic rings. The molecule has 0 bridgehead atoms. The number of fused-ring (bicyclic) bond motifs is 1. The molecule has 0 radical (unpaired) electrons. The van der Waals surface area contributed by atoms with Gasteiger partial charge in [0.25, 0.3) is 0 Å². The van der Waals surface area contributed by atoms with Gasteiger partial charge in [0.15, 0.2) is 0 Å². The van der Waals surface area contributed by atoms with Gasteiger partial charge in [0.2, 0.25) is 0 Å². The second kappa shape index (κ2) is 3.84. The summed E-state index contributed by atoms with van der Waals surface area (Å²) in [6, 6.07) is 0.903. The molecule has 80 valence electrons. The van der Waals surface area contributed by atoms with Crippen LogP contribution in [0.4, 0.5) is 0 Å². The maximum absolute atomic E-state index is 3.81. The zero-order valence-electron chi connectivity index (χ0n) is 9.17. The summed E-state index contributed by atoms with van der Waals surface area (Å²) in [6.45, 7) is 1.32. The average Bonchev–Trinajstić information content (AvgIpc) is 2.85. The highest BCUT2D eigenvalue weighted by Crippen LogP contribution is 2.51. The fourth-order valence-corrected chi connectivity index (χ4v) is 3.61. The van der Waals surface area contributed by atoms with E-state index in [1.54, 1.807) is 6.42 Å². The van der Waals surface area contributed by atoms with Gasteiger partial charge in [-0.05, 0) is 56.4 Å². The average molecular weight is 193 g/mol. The number of nitrogens with one attached hydrogen (secondary N) is 1. The predicted octanol–water partition coefficient (Wildman–Crippen LogP) is 2.95. The Bertz CT molecular complexity index is 183. The van der Waals surface area contributed by atoms with Crippen molar-refractivity contribution in [1.82, 2.24) is 5.32 Å². The molecule has 0 aliphatic heterocycles. The van der Waals surface area contributed by atoms with Crippen LogP contribution in [0.15, 0.2) is 0 Å². The van der Waals surface area contributed by atoms with E-state index in [4.69, 9.17) is 0 Å². The van der Waals surface area contributed by atoms with Crippen molar-refractivity contribution in [3.05, 3.63) is 0 Å². The molecular weight excluding hydrogens is 170 g/mol. The van der Waals surface area contributed by atoms with E-state index in [1.807, 2.05) is 0 Å². The molecule has 0 aromatic heterocycles. The van der Waals surface area contributed by atoms with Gasteiger partial charge in [0.1, 0.15) is 0 Å². The van der Waals surface area contributed by atoms with E-state index in [1.165, 1.54) is 51.5 Å². The molecule has 0 aromatic carbocycles. The maximum atomic E-state index is 3.81. The van der Waals surface area contributed by atoms with Gasteiger partial charge in [-0.2, -0.15) is 0 Å². The SMILES string of the molecule is C1CCC(CNC2CC3CC3C2)CC1. The second-order valence-corrected chi connectivity index (χ2v) is 5.84. The molecule has 1 nitrogen and oxygen atoms in total. The van der Waals surface area contributed by atoms with Crippen molar-refractivity contribution < 1.29 is 0 Å². The van der Waals surface area contributed by atoms with Crippen molar-refractivity contribution in [1.29, 1.82) is 0 Å². The van der Waals surface area contributed by atoms with Crippen molar-refractivity contribution in [3.8, 4) is 0 Å². The lowest BCUT2D eigenvalue weighted by Gasteiger charge is -2.24. The van der Waals surface area contributed by atoms with Crippen LogP contribution in [0.2, 0.25) is 0 Å². The highest BCUT2D eigenvalue weighted by molar-refractivity contribution is 4.98. The van der Waals surface area contributed by atoms with Crippen molar-refractivity contribution in [2.75, 3.05) is 6.54 Å². The normalized spacial score (nSPS) is 42.4. The highest BCUT2D eigenvalue weighted by Gasteiger charge is 2.45. The first-order valence-corrected chi connectivity index (χ1v) is 6.65. The van der Waals surface area contributed by atoms with E-state index in [0.717, 1.165) is 23.8 Å². The lowest BCUT2D eigenvalue weighted by Crippen LogP contribution is -2.33. The van der Waals surface area contributed by atoms with Crippen LogP contribution in [0.25, 0.3) is 0 Å². The molecule has 3 fully saturated rings. The first-order chi connectivity index (χ1) is 6.92. The predicted molar refractivity (Wildman–Crippen MR) is 59.2 cm³/mol. The highest BCUT2D eigenvalue weighted by atomic mass is 14.9. The van der Waals surface area contributed by atoms with Crippen molar-refractivity contribution in [2.24, 2.45) is 17.8 Å². The van der Waals surface area contributed by atoms with Gasteiger partial charge in [-0.1, -0.05) is 19.3 Å². The lowest BCUT2D eigenvalue weighted by molar-refractivity contribution is 0.322. The zero-order valence-corrected chi connectivity index (χ0v) is 9.17. The summed E-state index contributed by atoms with van der Waals surface area (Å²) in [5.74, 6) is 3.29. The Kier molecular flexibility index (Phi) is 2.53. The van der Waals surface area contributed by atoms with E-state index in [0.29, 0.717) is 0 Å². The van der Waals surface area contributed by atoms with Gasteiger partial charge in [-0.3, -0.25) is 0 Å². The minimum Gasteiger partial charge on any atom is -0.314 e. The Morgan fingerprint density at radius 3 is 2.29 bits per heavy atom. The Morgan fingerprint density at radius 2 is 1.57 bits per heavy atom. The van der Waals surface area contributed by atoms with Gasteiger partial charge < -0.3 is 5.32 Å². The van der Waals surface area contributed by atoms with E-state index in [9.17, 15) is 0 Å². The quantitative estimate of drug-likeness (QED) is 0.726. The molecular formula is C13H23N. The first-order valence-electron chi connectivity index (χ1n) is 6.65. The third-order valence-corrected chi connectivity index (χ3v) is 4.66. The Labute approximate surface area is 87.7 Å². The fraction of sp³-hybridized carbons (Fsp3) is 1.00. The van der Waals surface area contributed by atoms with Crippen molar-refractivity contribution in [3.63, 3.8) is 0 Å². The molecule has 1 heteroatoms. The van der Waals surface area contributed by atoms with Crippen LogP contribution in [-0.4, -0.2) is 12.6 Å². The number of hydrogen-bond donors (Lipinski definition) is 1. The Hall–Kier alpha value is -0.0400. The van der Waals surface area contributed by atoms with Crippen molar-refractivity contribution >= 4 is 0 Å². The molecule has 2 unspecified atom stereocenters. The Balaban J connectivity index is 1.36. The topological polar surface area (TPSA) is 12.0 Å². The molecule has 2 atom stereocenters. The van der Waals surface area contributed by atoms with Crippen molar-refractivity contribution in [2.45, 2.75) is 57.4 Å². The maximum Gasteiger partial charge on any atom is 0.00726 e. The third-order valence-electron chi connectivity index (χ3n) is 4.66. The van der Waals surface area contributed by atoms with E-state index < -0.39 is 0 Å². The summed E-state index contributed by atoms with van der Waals surface area (Å²) in [6.07, 6.45) is 12.0. The standard InChI is InChI=1S/C13H23N/c1-2-4-10(5-3-1)9-14-13-7-11-6-12(11)8-13/h10-14H,1-9H2. The molecule has 3 saturated carbocycles. The molecule has 0 spiro atoms. The van der Waals surface area contributed by atoms with Gasteiger partial charge in [0, 0.05) is 6.04 Å². The van der Waals surface area contributed by atoms with Gasteiger partial charge >= 0.3 is 0 Å². The second-order valence-electron chi connectivity index (χ2n) is 5.84. The minimum absolute atomic E-state index is 0.903. The number of hydrogen-bond acceptors (Lipinski definition) is 1. The lowest BCUT2D eigenvalue weighted by atomic mass is 9.89. The van der Waals surface area contributed by atoms with E-state index in [2.05, 4.69) is 5.32 Å². The molecule has 0 saturated heterocycles. The minimum atomic E-state index is 0.903. The van der Waals surface area contributed by atoms with Gasteiger partial charge in [-0.25, -0.2) is 0 Å². The largest absolute Gasteiger partial charge is 0.314 e. The van der Waals surface area contributed by atoms with E-state index >= 15 is 0 Å². The van der Waals surface area contributed by atoms with Crippen LogP contribution in [0.5, 0.6) is 0 Å². The monoisotopic (exact) mass is 193 g/mol. The number of rotatable bonds is 3. The molecule has 0 amide bonds. The van der Waals surface area contributed by atoms with E-state index in [-0.39, 0.29) is 0 Å². The van der Waals surface area contributed by atoms with Crippen LogP contribution in [-0.2, 0) is 0 Å². The van der Waals surface area contributed by atoms with Crippen LogP contribution in [0.3, 0.4) is 0 Å². The molecule has 3 rings (SSSR count). The first kappa shape index (κ1) is 9.21. The summed E-state index contributed by atoms with van der Waals surface area (Å²) in [4.78, 5) is 0. The summed E-state index contributed by atoms with van der Waals surface area (Å²) < 4.78 is 0. The molecule has 0 heterocycles. The molecule has 3 aliphatic carbocycles. The van der Waals surface area contributed by atoms with Gasteiger partial charge in [-0.15, -0.1) is 0 Å². The Morgan fingerprint density at radius 1 is 0.857 bits per heavy atom. The third kappa shape index (κ3) is 1.98. The smallest absolute Gasteiger partial charge is 0.00726 e. The van der Waals surface area contributed by atoms with Gasteiger partial charge in [0.05, 0.1) is 0 Å². The summed E-state index contributed by atoms with van der Waals surface area (Å²) >= 11 is 0. The summed E-state index contributed by atoms with van der Waals surface area (Å²) in [7, 11) is 0. The van der Waals surface area contributed by atoms with Crippen LogP contribution >= 0.6 is 0 Å². The molecule has 1 N–H and O–H groups in total. The molecule has 14 heavy (non-hydrogen) atoms. The van der Waals surface area contributed by atoms with Crippen LogP contribution in [0, 0.1) is 17.8 Å². The van der Waals surface area contributed by atoms with Crippen LogP contribution in [0.1, 0.15) is 51.4 Å². The summed E-state index contributed by atoms with van der Waals surface area (Å²) in [5.41, 5.74) is 0.